The average molecular weight is 561 g/mol. The number of hydrogen-bond donors (Lipinski definition) is 1. The predicted molar refractivity (Wildman–Crippen MR) is 148 cm³/mol. The molecular weight excluding hydrogens is 532 g/mol. The third-order valence-corrected chi connectivity index (χ3v) is 8.62. The highest BCUT2D eigenvalue weighted by Gasteiger charge is 2.44. The van der Waals surface area contributed by atoms with E-state index in [1.165, 1.54) is 37.4 Å². The van der Waals surface area contributed by atoms with Gasteiger partial charge in [0, 0.05) is 24.7 Å². The maximum atomic E-state index is 14.2. The van der Waals surface area contributed by atoms with E-state index in [0.29, 0.717) is 45.9 Å². The van der Waals surface area contributed by atoms with Crippen LogP contribution in [-0.4, -0.2) is 42.7 Å². The molecular formula is C31H28F4N6. The number of nitrogens with one attached hydrogen (secondary N) is 1. The Morgan fingerprint density at radius 2 is 1.71 bits per heavy atom. The molecule has 1 saturated carbocycles. The molecule has 0 atom stereocenters. The molecule has 7 rings (SSSR count). The maximum absolute atomic E-state index is 14.2. The smallest absolute Gasteiger partial charge is 0.337 e. The van der Waals surface area contributed by atoms with Gasteiger partial charge in [-0.05, 0) is 91.2 Å². The Morgan fingerprint density at radius 3 is 2.41 bits per heavy atom. The zero-order chi connectivity index (χ0) is 28.4. The number of likely N-dealkylation sites (tertiary alicyclic amines) is 1. The molecule has 1 N–H and O–H groups in total. The van der Waals surface area contributed by atoms with Gasteiger partial charge in [-0.1, -0.05) is 24.3 Å². The zero-order valence-electron chi connectivity index (χ0n) is 22.5. The number of hydrogen-bond acceptors (Lipinski definition) is 4. The van der Waals surface area contributed by atoms with Gasteiger partial charge in [0.15, 0.2) is 5.82 Å². The van der Waals surface area contributed by atoms with E-state index in [1.54, 1.807) is 35.9 Å². The number of aryl methyl sites for hydroxylation is 1. The Bertz CT molecular complexity index is 1750. The van der Waals surface area contributed by atoms with Gasteiger partial charge in [-0.15, -0.1) is 10.2 Å². The van der Waals surface area contributed by atoms with Crippen LogP contribution in [0.4, 0.5) is 17.6 Å². The number of H-pyrrole nitrogens is 1. The fraction of sp³-hybridized carbons (Fsp3) is 0.323. The standard InChI is InChI=1S/C31H28F4N6/c1-40-18-36-39-29(40)24-16-22(32)5-6-23(24)20-3-2-4-21(15-20)28-37-26-14-19(13-25(27(26)38-28)31(33,34)35)17-41-11-9-30(7-8-30)10-12-41/h2-6,13-16,18H,7-12,17H2,1H3,(H,37,38). The molecule has 3 heterocycles. The molecule has 5 aromatic rings. The van der Waals surface area contributed by atoms with Crippen LogP contribution in [0.3, 0.4) is 0 Å². The maximum Gasteiger partial charge on any atom is 0.418 e. The molecule has 41 heavy (non-hydrogen) atoms. The summed E-state index contributed by atoms with van der Waals surface area (Å²) in [6.45, 7) is 2.30. The number of fused-ring (bicyclic) bond motifs is 1. The molecule has 10 heteroatoms. The number of benzene rings is 3. The van der Waals surface area contributed by atoms with E-state index in [9.17, 15) is 17.6 Å². The molecule has 0 unspecified atom stereocenters. The summed E-state index contributed by atoms with van der Waals surface area (Å²) >= 11 is 0. The molecule has 2 aromatic heterocycles. The molecule has 0 amide bonds. The summed E-state index contributed by atoms with van der Waals surface area (Å²) in [6.07, 6.45) is 1.82. The number of halogens is 4. The monoisotopic (exact) mass is 560 g/mol. The highest BCUT2D eigenvalue weighted by atomic mass is 19.4. The Balaban J connectivity index is 1.26. The van der Waals surface area contributed by atoms with Crippen LogP contribution >= 0.6 is 0 Å². The molecule has 2 fully saturated rings. The summed E-state index contributed by atoms with van der Waals surface area (Å²) in [7, 11) is 1.77. The van der Waals surface area contributed by atoms with Crippen LogP contribution in [0.15, 0.2) is 60.9 Å². The summed E-state index contributed by atoms with van der Waals surface area (Å²) < 4.78 is 58.6. The molecule has 1 spiro atoms. The molecule has 210 valence electrons. The Kier molecular flexibility index (Phi) is 6.01. The largest absolute Gasteiger partial charge is 0.418 e. The fourth-order valence-corrected chi connectivity index (χ4v) is 6.06. The Hall–Kier alpha value is -4.05. The van der Waals surface area contributed by atoms with Crippen molar-refractivity contribution in [2.75, 3.05) is 13.1 Å². The lowest BCUT2D eigenvalue weighted by Gasteiger charge is -2.32. The lowest BCUT2D eigenvalue weighted by Crippen LogP contribution is -2.34. The SMILES string of the molecule is Cn1cnnc1-c1cc(F)ccc1-c1cccc(-c2nc3cc(CN4CCC5(CC4)CC5)cc(C(F)(F)F)c3[nH]2)c1. The van der Waals surface area contributed by atoms with E-state index in [0.717, 1.165) is 31.5 Å². The summed E-state index contributed by atoms with van der Waals surface area (Å²) in [5, 5.41) is 8.05. The van der Waals surface area contributed by atoms with Gasteiger partial charge in [-0.2, -0.15) is 13.2 Å². The van der Waals surface area contributed by atoms with E-state index >= 15 is 0 Å². The second-order valence-electron chi connectivity index (χ2n) is 11.4. The number of alkyl halides is 3. The van der Waals surface area contributed by atoms with Crippen molar-refractivity contribution in [3.63, 3.8) is 0 Å². The van der Waals surface area contributed by atoms with Crippen molar-refractivity contribution in [2.24, 2.45) is 12.5 Å². The van der Waals surface area contributed by atoms with Crippen LogP contribution in [0, 0.1) is 11.2 Å². The minimum atomic E-state index is -4.53. The van der Waals surface area contributed by atoms with E-state index in [1.807, 2.05) is 12.1 Å². The van der Waals surface area contributed by atoms with E-state index in [2.05, 4.69) is 25.1 Å². The van der Waals surface area contributed by atoms with Crippen LogP contribution in [-0.2, 0) is 19.8 Å². The zero-order valence-corrected chi connectivity index (χ0v) is 22.5. The number of aromatic nitrogens is 5. The highest BCUT2D eigenvalue weighted by Crippen LogP contribution is 2.53. The number of imidazole rings is 1. The molecule has 2 aliphatic rings. The normalized spacial score (nSPS) is 17.0. The van der Waals surface area contributed by atoms with Crippen LogP contribution in [0.2, 0.25) is 0 Å². The molecule has 0 bridgehead atoms. The summed E-state index contributed by atoms with van der Waals surface area (Å²) in [4.78, 5) is 9.81. The van der Waals surface area contributed by atoms with Gasteiger partial charge in [0.1, 0.15) is 18.0 Å². The molecule has 6 nitrogen and oxygen atoms in total. The lowest BCUT2D eigenvalue weighted by atomic mass is 9.93. The minimum absolute atomic E-state index is 0.0289. The lowest BCUT2D eigenvalue weighted by molar-refractivity contribution is -0.136. The first kappa shape index (κ1) is 25.9. The first-order valence-electron chi connectivity index (χ1n) is 13.7. The number of rotatable bonds is 5. The molecule has 3 aromatic carbocycles. The van der Waals surface area contributed by atoms with Crippen molar-refractivity contribution in [1.29, 1.82) is 0 Å². The van der Waals surface area contributed by atoms with Gasteiger partial charge in [-0.25, -0.2) is 9.37 Å². The predicted octanol–water partition coefficient (Wildman–Crippen LogP) is 7.23. The molecule has 1 saturated heterocycles. The van der Waals surface area contributed by atoms with Gasteiger partial charge in [-0.3, -0.25) is 4.90 Å². The highest BCUT2D eigenvalue weighted by molar-refractivity contribution is 5.86. The first-order valence-corrected chi connectivity index (χ1v) is 13.7. The average Bonchev–Trinajstić information content (AvgIpc) is 3.34. The van der Waals surface area contributed by atoms with Crippen LogP contribution in [0.1, 0.15) is 36.8 Å². The van der Waals surface area contributed by atoms with Crippen molar-refractivity contribution >= 4 is 11.0 Å². The van der Waals surface area contributed by atoms with Gasteiger partial charge in [0.05, 0.1) is 16.6 Å². The molecule has 1 aliphatic heterocycles. The second kappa shape index (κ2) is 9.51. The van der Waals surface area contributed by atoms with Gasteiger partial charge in [0.2, 0.25) is 0 Å². The third-order valence-electron chi connectivity index (χ3n) is 8.62. The van der Waals surface area contributed by atoms with Crippen molar-refractivity contribution in [2.45, 2.75) is 38.4 Å². The van der Waals surface area contributed by atoms with Crippen molar-refractivity contribution in [3.8, 4) is 33.9 Å². The van der Waals surface area contributed by atoms with Gasteiger partial charge >= 0.3 is 6.18 Å². The Labute approximate surface area is 234 Å². The second-order valence-corrected chi connectivity index (χ2v) is 11.4. The number of piperidine rings is 1. The van der Waals surface area contributed by atoms with Crippen molar-refractivity contribution in [3.05, 3.63) is 77.9 Å². The molecule has 1 aliphatic carbocycles. The van der Waals surface area contributed by atoms with E-state index in [-0.39, 0.29) is 11.0 Å². The fourth-order valence-electron chi connectivity index (χ4n) is 6.06. The summed E-state index contributed by atoms with van der Waals surface area (Å²) in [5.41, 5.74) is 3.30. The Morgan fingerprint density at radius 1 is 0.927 bits per heavy atom. The third kappa shape index (κ3) is 4.90. The van der Waals surface area contributed by atoms with Crippen LogP contribution in [0.5, 0.6) is 0 Å². The van der Waals surface area contributed by atoms with Crippen LogP contribution < -0.4 is 0 Å². The minimum Gasteiger partial charge on any atom is -0.337 e. The van der Waals surface area contributed by atoms with Gasteiger partial charge in [0.25, 0.3) is 0 Å². The molecule has 0 radical (unpaired) electrons. The van der Waals surface area contributed by atoms with Crippen LogP contribution in [0.25, 0.3) is 44.9 Å². The summed E-state index contributed by atoms with van der Waals surface area (Å²) in [6, 6.07) is 14.8. The van der Waals surface area contributed by atoms with Crippen molar-refractivity contribution < 1.29 is 17.6 Å². The number of nitrogens with zero attached hydrogens (tertiary/aromatic N) is 5. The van der Waals surface area contributed by atoms with E-state index in [4.69, 9.17) is 0 Å². The number of aromatic amines is 1. The first-order chi connectivity index (χ1) is 19.7. The van der Waals surface area contributed by atoms with E-state index < -0.39 is 17.6 Å². The quantitative estimate of drug-likeness (QED) is 0.231. The topological polar surface area (TPSA) is 62.6 Å². The summed E-state index contributed by atoms with van der Waals surface area (Å²) in [5.74, 6) is 0.421. The van der Waals surface area contributed by atoms with Gasteiger partial charge < -0.3 is 9.55 Å². The van der Waals surface area contributed by atoms with Crippen molar-refractivity contribution in [1.82, 2.24) is 29.6 Å².